The number of aromatic nitrogens is 4. The highest BCUT2D eigenvalue weighted by Crippen LogP contribution is 2.39. The van der Waals surface area contributed by atoms with E-state index in [9.17, 15) is 18.0 Å². The molecule has 1 N–H and O–H groups in total. The second-order valence-corrected chi connectivity index (χ2v) is 11.8. The summed E-state index contributed by atoms with van der Waals surface area (Å²) in [7, 11) is -0.0240. The fraction of sp³-hybridized carbons (Fsp3) is 0.423. The Morgan fingerprint density at radius 2 is 1.82 bits per heavy atom. The lowest BCUT2D eigenvalue weighted by molar-refractivity contribution is 0.0690. The molecule has 212 valence electrons. The second kappa shape index (κ2) is 11.2. The van der Waals surface area contributed by atoms with E-state index in [0.29, 0.717) is 28.7 Å². The number of methoxy groups -OCH3 is 1. The standard InChI is InChI=1S/C26H31N7O6S/c1-31-21(15-20(30-31)17-7-8-17)25(34)27-16-18-5-4-6-22(24(18)38-2)39-23-10-9-19(28-29-23)26(35)32-11-13-33(14-12-32)40(3,36)37/h4-6,9-10,15,17H,7-8,11-14,16H2,1-3H3,(H,27,34). The summed E-state index contributed by atoms with van der Waals surface area (Å²) in [5.41, 5.74) is 2.27. The molecule has 2 amide bonds. The normalized spacial score (nSPS) is 16.0. The molecule has 3 heterocycles. The summed E-state index contributed by atoms with van der Waals surface area (Å²) in [5.74, 6) is 0.836. The molecule has 0 atom stereocenters. The summed E-state index contributed by atoms with van der Waals surface area (Å²) in [6, 6.07) is 10.2. The van der Waals surface area contributed by atoms with Crippen molar-refractivity contribution >= 4 is 21.8 Å². The first-order valence-corrected chi connectivity index (χ1v) is 14.7. The molecule has 0 spiro atoms. The predicted octanol–water partition coefficient (Wildman–Crippen LogP) is 1.54. The molecule has 14 heteroatoms. The molecule has 1 saturated carbocycles. The zero-order valence-corrected chi connectivity index (χ0v) is 23.3. The van der Waals surface area contributed by atoms with Gasteiger partial charge in [-0.1, -0.05) is 12.1 Å². The van der Waals surface area contributed by atoms with E-state index in [4.69, 9.17) is 9.47 Å². The number of carbonyl (C=O) groups excluding carboxylic acids is 2. The number of rotatable bonds is 9. The summed E-state index contributed by atoms with van der Waals surface area (Å²) in [5, 5.41) is 15.4. The summed E-state index contributed by atoms with van der Waals surface area (Å²) >= 11 is 0. The molecular formula is C26H31N7O6S. The first kappa shape index (κ1) is 27.5. The van der Waals surface area contributed by atoms with Gasteiger partial charge < -0.3 is 19.7 Å². The van der Waals surface area contributed by atoms with Crippen molar-refractivity contribution in [3.05, 3.63) is 59.0 Å². The van der Waals surface area contributed by atoms with E-state index >= 15 is 0 Å². The van der Waals surface area contributed by atoms with Gasteiger partial charge in [0.1, 0.15) is 5.69 Å². The van der Waals surface area contributed by atoms with Crippen LogP contribution in [0.4, 0.5) is 0 Å². The maximum Gasteiger partial charge on any atom is 0.274 e. The number of piperazine rings is 1. The molecule has 2 aliphatic rings. The average Bonchev–Trinajstić information content (AvgIpc) is 3.72. The zero-order valence-electron chi connectivity index (χ0n) is 22.5. The quantitative estimate of drug-likeness (QED) is 0.405. The molecule has 40 heavy (non-hydrogen) atoms. The van der Waals surface area contributed by atoms with Crippen LogP contribution in [0.25, 0.3) is 0 Å². The van der Waals surface area contributed by atoms with E-state index < -0.39 is 10.0 Å². The lowest BCUT2D eigenvalue weighted by atomic mass is 10.1. The fourth-order valence-electron chi connectivity index (χ4n) is 4.55. The first-order chi connectivity index (χ1) is 19.1. The third kappa shape index (κ3) is 6.07. The number of nitrogens with one attached hydrogen (secondary N) is 1. The van der Waals surface area contributed by atoms with E-state index in [1.807, 2.05) is 12.1 Å². The molecule has 5 rings (SSSR count). The first-order valence-electron chi connectivity index (χ1n) is 12.9. The Labute approximate surface area is 232 Å². The summed E-state index contributed by atoms with van der Waals surface area (Å²) < 4.78 is 37.8. The van der Waals surface area contributed by atoms with Crippen LogP contribution in [0, 0.1) is 0 Å². The van der Waals surface area contributed by atoms with Gasteiger partial charge in [0, 0.05) is 57.3 Å². The highest BCUT2D eigenvalue weighted by atomic mass is 32.2. The van der Waals surface area contributed by atoms with Crippen molar-refractivity contribution < 1.29 is 27.5 Å². The molecule has 0 radical (unpaired) electrons. The molecule has 2 fully saturated rings. The summed E-state index contributed by atoms with van der Waals surface area (Å²) in [6.07, 6.45) is 3.37. The number of ether oxygens (including phenoxy) is 2. The molecule has 1 aromatic carbocycles. The van der Waals surface area contributed by atoms with Gasteiger partial charge in [-0.25, -0.2) is 8.42 Å². The van der Waals surface area contributed by atoms with Gasteiger partial charge in [0.2, 0.25) is 15.9 Å². The van der Waals surface area contributed by atoms with Crippen LogP contribution in [0.1, 0.15) is 51.0 Å². The van der Waals surface area contributed by atoms with Gasteiger partial charge >= 0.3 is 0 Å². The van der Waals surface area contributed by atoms with E-state index in [1.165, 1.54) is 23.5 Å². The maximum atomic E-state index is 12.8. The lowest BCUT2D eigenvalue weighted by Crippen LogP contribution is -2.50. The van der Waals surface area contributed by atoms with Gasteiger partial charge in [0.05, 0.1) is 19.1 Å². The molecule has 1 saturated heterocycles. The minimum atomic E-state index is -3.29. The second-order valence-electron chi connectivity index (χ2n) is 9.80. The molecule has 1 aliphatic heterocycles. The van der Waals surface area contributed by atoms with Crippen molar-refractivity contribution in [2.45, 2.75) is 25.3 Å². The minimum Gasteiger partial charge on any atom is -0.492 e. The largest absolute Gasteiger partial charge is 0.492 e. The third-order valence-corrected chi connectivity index (χ3v) is 8.20. The van der Waals surface area contributed by atoms with Crippen molar-refractivity contribution in [2.75, 3.05) is 39.5 Å². The number of hydrogen-bond acceptors (Lipinski definition) is 9. The van der Waals surface area contributed by atoms with E-state index in [0.717, 1.165) is 24.8 Å². The number of hydrogen-bond donors (Lipinski definition) is 1. The van der Waals surface area contributed by atoms with Gasteiger partial charge in [-0.05, 0) is 31.0 Å². The molecule has 13 nitrogen and oxygen atoms in total. The Morgan fingerprint density at radius 1 is 1.07 bits per heavy atom. The smallest absolute Gasteiger partial charge is 0.274 e. The van der Waals surface area contributed by atoms with Crippen LogP contribution in [0.3, 0.4) is 0 Å². The Bertz CT molecular complexity index is 1510. The Morgan fingerprint density at radius 3 is 2.45 bits per heavy atom. The SMILES string of the molecule is COc1c(CNC(=O)c2cc(C3CC3)nn2C)cccc1Oc1ccc(C(=O)N2CCN(S(C)(=O)=O)CC2)nn1. The molecule has 1 aliphatic carbocycles. The van der Waals surface area contributed by atoms with Gasteiger partial charge in [-0.15, -0.1) is 10.2 Å². The Balaban J connectivity index is 1.21. The van der Waals surface area contributed by atoms with Crippen molar-refractivity contribution in [3.63, 3.8) is 0 Å². The maximum absolute atomic E-state index is 12.8. The van der Waals surface area contributed by atoms with E-state index in [2.05, 4.69) is 20.6 Å². The van der Waals surface area contributed by atoms with Gasteiger partial charge in [0.15, 0.2) is 17.2 Å². The van der Waals surface area contributed by atoms with Crippen LogP contribution in [-0.4, -0.2) is 89.0 Å². The highest BCUT2D eigenvalue weighted by Gasteiger charge is 2.29. The average molecular weight is 570 g/mol. The van der Waals surface area contributed by atoms with Gasteiger partial charge in [-0.2, -0.15) is 9.40 Å². The highest BCUT2D eigenvalue weighted by molar-refractivity contribution is 7.88. The monoisotopic (exact) mass is 569 g/mol. The topological polar surface area (TPSA) is 149 Å². The molecule has 3 aromatic rings. The van der Waals surface area contributed by atoms with Crippen molar-refractivity contribution in [3.8, 4) is 17.4 Å². The number of nitrogens with zero attached hydrogens (tertiary/aromatic N) is 6. The van der Waals surface area contributed by atoms with Crippen molar-refractivity contribution in [1.82, 2.24) is 34.5 Å². The number of para-hydroxylation sites is 1. The number of benzene rings is 1. The van der Waals surface area contributed by atoms with Crippen LogP contribution in [0.5, 0.6) is 17.4 Å². The van der Waals surface area contributed by atoms with Crippen molar-refractivity contribution in [2.24, 2.45) is 7.05 Å². The fourth-order valence-corrected chi connectivity index (χ4v) is 5.37. The van der Waals surface area contributed by atoms with Crippen LogP contribution in [0.15, 0.2) is 36.4 Å². The summed E-state index contributed by atoms with van der Waals surface area (Å²) in [4.78, 5) is 27.2. The minimum absolute atomic E-state index is 0.128. The zero-order chi connectivity index (χ0) is 28.4. The number of sulfonamides is 1. The van der Waals surface area contributed by atoms with Gasteiger partial charge in [-0.3, -0.25) is 14.3 Å². The van der Waals surface area contributed by atoms with Crippen LogP contribution < -0.4 is 14.8 Å². The van der Waals surface area contributed by atoms with E-state index in [-0.39, 0.29) is 56.1 Å². The van der Waals surface area contributed by atoms with Crippen LogP contribution in [0.2, 0.25) is 0 Å². The van der Waals surface area contributed by atoms with Gasteiger partial charge in [0.25, 0.3) is 11.8 Å². The van der Waals surface area contributed by atoms with Crippen molar-refractivity contribution in [1.29, 1.82) is 0 Å². The molecule has 2 aromatic heterocycles. The van der Waals surface area contributed by atoms with Crippen LogP contribution in [-0.2, 0) is 23.6 Å². The molecule has 0 unspecified atom stereocenters. The Kier molecular flexibility index (Phi) is 7.72. The number of aryl methyl sites for hydroxylation is 1. The Hall–Kier alpha value is -4.04. The third-order valence-electron chi connectivity index (χ3n) is 6.90. The number of amides is 2. The molecule has 0 bridgehead atoms. The van der Waals surface area contributed by atoms with E-state index in [1.54, 1.807) is 28.8 Å². The lowest BCUT2D eigenvalue weighted by Gasteiger charge is -2.32. The number of carbonyl (C=O) groups is 2. The van der Waals surface area contributed by atoms with Crippen LogP contribution >= 0.6 is 0 Å². The molecular weight excluding hydrogens is 538 g/mol. The summed E-state index contributed by atoms with van der Waals surface area (Å²) in [6.45, 7) is 1.22. The predicted molar refractivity (Wildman–Crippen MR) is 144 cm³/mol.